The number of esters is 1. The molecule has 0 fully saturated rings. The highest BCUT2D eigenvalue weighted by Gasteiger charge is 2.24. The fraction of sp³-hybridized carbons (Fsp3) is 0.833. The second kappa shape index (κ2) is 9.89. The molecule has 2 atom stereocenters. The van der Waals surface area contributed by atoms with Crippen molar-refractivity contribution >= 4 is 20.4 Å². The molecule has 0 aliphatic rings. The summed E-state index contributed by atoms with van der Waals surface area (Å²) in [5, 5.41) is 11.6. The van der Waals surface area contributed by atoms with Gasteiger partial charge in [0.25, 0.3) is 6.29 Å². The van der Waals surface area contributed by atoms with Gasteiger partial charge in [-0.1, -0.05) is 27.7 Å². The van der Waals surface area contributed by atoms with Gasteiger partial charge >= 0.3 is 12.1 Å². The Kier molecular flexibility index (Phi) is 9.44. The third-order valence-corrected chi connectivity index (χ3v) is 3.08. The first-order valence-corrected chi connectivity index (χ1v) is 8.05. The molecule has 0 unspecified atom stereocenters. The van der Waals surface area contributed by atoms with Crippen molar-refractivity contribution < 1.29 is 34.0 Å². The van der Waals surface area contributed by atoms with Crippen LogP contribution in [0.2, 0.25) is 0 Å². The fourth-order valence-electron chi connectivity index (χ4n) is 1.15. The third-order valence-electron chi connectivity index (χ3n) is 2.33. The van der Waals surface area contributed by atoms with Crippen molar-refractivity contribution in [1.82, 2.24) is 5.32 Å². The van der Waals surface area contributed by atoms with Crippen LogP contribution in [0.15, 0.2) is 0 Å². The van der Waals surface area contributed by atoms with Gasteiger partial charge in [0.05, 0.1) is 12.0 Å². The fourth-order valence-corrected chi connectivity index (χ4v) is 1.65. The van der Waals surface area contributed by atoms with E-state index in [1.54, 1.807) is 27.7 Å². The molecule has 1 amide bonds. The van der Waals surface area contributed by atoms with Gasteiger partial charge in [0.15, 0.2) is 8.38 Å². The molecule has 0 aliphatic carbocycles. The van der Waals surface area contributed by atoms with Crippen LogP contribution in [0.5, 0.6) is 0 Å². The minimum absolute atomic E-state index is 0.193. The molecule has 4 N–H and O–H groups in total. The Hall–Kier alpha value is -0.950. The number of hydrogen-bond acceptors (Lipinski definition) is 7. The minimum atomic E-state index is -2.23. The Labute approximate surface area is 125 Å². The highest BCUT2D eigenvalue weighted by atomic mass is 31.2. The molecule has 0 aliphatic heterocycles. The second-order valence-electron chi connectivity index (χ2n) is 5.20. The molecule has 0 aromatic carbocycles. The van der Waals surface area contributed by atoms with Gasteiger partial charge in [0, 0.05) is 18.6 Å². The molecule has 9 heteroatoms. The highest BCUT2D eigenvalue weighted by molar-refractivity contribution is 7.45. The zero-order chi connectivity index (χ0) is 16.6. The van der Waals surface area contributed by atoms with E-state index in [2.05, 4.69) is 5.32 Å². The Bertz CT molecular complexity index is 336. The molecule has 8 nitrogen and oxygen atoms in total. The number of carbonyl (C=O) groups excluding carboxylic acids is 2. The Balaban J connectivity index is 4.27. The maximum absolute atomic E-state index is 11.5. The van der Waals surface area contributed by atoms with Crippen LogP contribution in [0.1, 0.15) is 27.7 Å². The maximum Gasteiger partial charge on any atom is 0.410 e. The van der Waals surface area contributed by atoms with Crippen LogP contribution < -0.4 is 5.32 Å². The van der Waals surface area contributed by atoms with E-state index < -0.39 is 32.8 Å². The lowest BCUT2D eigenvalue weighted by Crippen LogP contribution is -2.39. The largest absolute Gasteiger partial charge is 0.425 e. The standard InChI is InChI=1S/C12H24NO7P/c1-7(2)10(15)19-11(8(3)4)20-12(16)13-5-9(14)6-21(17)18/h7-9,11,14,17-18H,5-6H2,1-4H3,(H,13,16)/t9-,11+/m1/s1. The van der Waals surface area contributed by atoms with Crippen LogP contribution in [-0.4, -0.2) is 52.1 Å². The molecular weight excluding hydrogens is 301 g/mol. The van der Waals surface area contributed by atoms with Gasteiger partial charge in [-0.05, 0) is 0 Å². The predicted octanol–water partition coefficient (Wildman–Crippen LogP) is 0.551. The molecule has 0 aromatic rings. The summed E-state index contributed by atoms with van der Waals surface area (Å²) in [6.07, 6.45) is -3.20. The van der Waals surface area contributed by atoms with E-state index in [0.29, 0.717) is 0 Å². The first-order valence-electron chi connectivity index (χ1n) is 6.61. The number of nitrogens with one attached hydrogen (secondary N) is 1. The molecule has 21 heavy (non-hydrogen) atoms. The van der Waals surface area contributed by atoms with E-state index >= 15 is 0 Å². The first-order chi connectivity index (χ1) is 9.63. The number of rotatable bonds is 8. The molecule has 0 radical (unpaired) electrons. The summed E-state index contributed by atoms with van der Waals surface area (Å²) in [5.41, 5.74) is 0. The van der Waals surface area contributed by atoms with Gasteiger partial charge in [-0.15, -0.1) is 0 Å². The summed E-state index contributed by atoms with van der Waals surface area (Å²) >= 11 is 0. The van der Waals surface area contributed by atoms with Crippen LogP contribution in [0.25, 0.3) is 0 Å². The second-order valence-corrected chi connectivity index (χ2v) is 6.31. The van der Waals surface area contributed by atoms with Crippen LogP contribution in [0.3, 0.4) is 0 Å². The van der Waals surface area contributed by atoms with E-state index in [1.807, 2.05) is 0 Å². The molecular formula is C12H24NO7P. The van der Waals surface area contributed by atoms with Gasteiger partial charge < -0.3 is 29.7 Å². The summed E-state index contributed by atoms with van der Waals surface area (Å²) < 4.78 is 10.0. The summed E-state index contributed by atoms with van der Waals surface area (Å²) in [7, 11) is -2.23. The molecule has 124 valence electrons. The minimum Gasteiger partial charge on any atom is -0.425 e. The van der Waals surface area contributed by atoms with Crippen molar-refractivity contribution in [1.29, 1.82) is 0 Å². The number of aliphatic hydroxyl groups excluding tert-OH is 1. The zero-order valence-electron chi connectivity index (χ0n) is 12.6. The van der Waals surface area contributed by atoms with Gasteiger partial charge in [0.2, 0.25) is 0 Å². The van der Waals surface area contributed by atoms with Crippen LogP contribution in [0.4, 0.5) is 4.79 Å². The number of amides is 1. The van der Waals surface area contributed by atoms with Crippen molar-refractivity contribution in [2.24, 2.45) is 11.8 Å². The van der Waals surface area contributed by atoms with Crippen molar-refractivity contribution in [3.05, 3.63) is 0 Å². The molecule has 0 saturated carbocycles. The lowest BCUT2D eigenvalue weighted by Gasteiger charge is -2.22. The van der Waals surface area contributed by atoms with Gasteiger partial charge in [-0.2, -0.15) is 0 Å². The quantitative estimate of drug-likeness (QED) is 0.292. The van der Waals surface area contributed by atoms with Crippen molar-refractivity contribution in [3.63, 3.8) is 0 Å². The van der Waals surface area contributed by atoms with Gasteiger partial charge in [0.1, 0.15) is 0 Å². The van der Waals surface area contributed by atoms with Crippen LogP contribution in [-0.2, 0) is 14.3 Å². The molecule has 0 rings (SSSR count). The van der Waals surface area contributed by atoms with Crippen molar-refractivity contribution in [3.8, 4) is 0 Å². The SMILES string of the molecule is CC(C)C(=O)O[C@@H](OC(=O)NC[C@@H](O)CP(O)O)C(C)C. The molecule has 0 bridgehead atoms. The normalized spacial score (nSPS) is 14.2. The van der Waals surface area contributed by atoms with Gasteiger partial charge in [-0.25, -0.2) is 4.79 Å². The average Bonchev–Trinajstić information content (AvgIpc) is 2.34. The lowest BCUT2D eigenvalue weighted by atomic mass is 10.2. The smallest absolute Gasteiger partial charge is 0.410 e. The number of hydrogen-bond donors (Lipinski definition) is 4. The summed E-state index contributed by atoms with van der Waals surface area (Å²) in [6.45, 7) is 6.59. The third kappa shape index (κ3) is 9.57. The van der Waals surface area contributed by atoms with Crippen molar-refractivity contribution in [2.45, 2.75) is 40.1 Å². The highest BCUT2D eigenvalue weighted by Crippen LogP contribution is 2.23. The predicted molar refractivity (Wildman–Crippen MR) is 76.3 cm³/mol. The van der Waals surface area contributed by atoms with Crippen LogP contribution in [0, 0.1) is 11.8 Å². The summed E-state index contributed by atoms with van der Waals surface area (Å²) in [4.78, 5) is 40.5. The Morgan fingerprint density at radius 1 is 1.14 bits per heavy atom. The molecule has 0 saturated heterocycles. The van der Waals surface area contributed by atoms with Crippen LogP contribution >= 0.6 is 8.38 Å². The molecule has 0 heterocycles. The summed E-state index contributed by atoms with van der Waals surface area (Å²) in [6, 6.07) is 0. The van der Waals surface area contributed by atoms with E-state index in [0.717, 1.165) is 0 Å². The lowest BCUT2D eigenvalue weighted by molar-refractivity contribution is -0.178. The molecule has 0 spiro atoms. The zero-order valence-corrected chi connectivity index (χ0v) is 13.5. The summed E-state index contributed by atoms with van der Waals surface area (Å²) in [5.74, 6) is -1.05. The monoisotopic (exact) mass is 325 g/mol. The van der Waals surface area contributed by atoms with E-state index in [4.69, 9.17) is 19.3 Å². The van der Waals surface area contributed by atoms with E-state index in [1.165, 1.54) is 0 Å². The van der Waals surface area contributed by atoms with E-state index in [9.17, 15) is 14.7 Å². The average molecular weight is 325 g/mol. The number of alkyl carbamates (subject to hydrolysis) is 1. The Morgan fingerprint density at radius 2 is 1.71 bits per heavy atom. The Morgan fingerprint density at radius 3 is 2.14 bits per heavy atom. The first kappa shape index (κ1) is 20.1. The number of aliphatic hydroxyl groups is 1. The van der Waals surface area contributed by atoms with E-state index in [-0.39, 0.29) is 24.5 Å². The van der Waals surface area contributed by atoms with Crippen molar-refractivity contribution in [2.75, 3.05) is 12.7 Å². The number of ether oxygens (including phenoxy) is 2. The molecule has 0 aromatic heterocycles. The number of carbonyl (C=O) groups is 2. The topological polar surface area (TPSA) is 125 Å². The maximum atomic E-state index is 11.5. The van der Waals surface area contributed by atoms with Gasteiger partial charge in [-0.3, -0.25) is 4.79 Å².